The van der Waals surface area contributed by atoms with Gasteiger partial charge in [-0.15, -0.1) is 0 Å². The van der Waals surface area contributed by atoms with Crippen LogP contribution < -0.4 is 10.1 Å². The summed E-state index contributed by atoms with van der Waals surface area (Å²) in [5.74, 6) is 1.12. The summed E-state index contributed by atoms with van der Waals surface area (Å²) in [6, 6.07) is 7.96. The van der Waals surface area contributed by atoms with Crippen molar-refractivity contribution in [1.29, 1.82) is 0 Å². The molecule has 1 N–H and O–H groups in total. The second-order valence-electron chi connectivity index (χ2n) is 5.55. The number of carbonyl (C=O) groups is 1. The average molecular weight is 291 g/mol. The first kappa shape index (κ1) is 15.8. The van der Waals surface area contributed by atoms with E-state index in [-0.39, 0.29) is 17.9 Å². The van der Waals surface area contributed by atoms with Crippen LogP contribution in [-0.2, 0) is 9.53 Å². The second kappa shape index (κ2) is 8.03. The fourth-order valence-electron chi connectivity index (χ4n) is 2.46. The van der Waals surface area contributed by atoms with Crippen molar-refractivity contribution in [2.45, 2.75) is 39.2 Å². The third-order valence-electron chi connectivity index (χ3n) is 3.94. The number of hydrogen-bond donors (Lipinski definition) is 1. The Balaban J connectivity index is 1.82. The number of nitrogens with one attached hydrogen (secondary N) is 1. The Morgan fingerprint density at radius 1 is 1.38 bits per heavy atom. The zero-order valence-corrected chi connectivity index (χ0v) is 12.9. The highest BCUT2D eigenvalue weighted by molar-refractivity contribution is 5.78. The molecule has 0 unspecified atom stereocenters. The number of para-hydroxylation sites is 1. The van der Waals surface area contributed by atoms with Gasteiger partial charge in [-0.3, -0.25) is 4.79 Å². The van der Waals surface area contributed by atoms with Crippen LogP contribution in [0.15, 0.2) is 24.3 Å². The normalized spacial score (nSPS) is 17.2. The fraction of sp³-hybridized carbons (Fsp3) is 0.588. The van der Waals surface area contributed by atoms with E-state index in [0.29, 0.717) is 19.8 Å². The van der Waals surface area contributed by atoms with Crippen LogP contribution in [0, 0.1) is 12.8 Å². The molecule has 21 heavy (non-hydrogen) atoms. The molecule has 1 saturated heterocycles. The first-order chi connectivity index (χ1) is 10.2. The van der Waals surface area contributed by atoms with E-state index >= 15 is 0 Å². The molecule has 1 aliphatic heterocycles. The third kappa shape index (κ3) is 4.74. The van der Waals surface area contributed by atoms with E-state index < -0.39 is 0 Å². The van der Waals surface area contributed by atoms with E-state index in [1.807, 2.05) is 31.2 Å². The zero-order valence-electron chi connectivity index (χ0n) is 12.9. The molecule has 1 fully saturated rings. The van der Waals surface area contributed by atoms with Crippen molar-refractivity contribution >= 4 is 5.91 Å². The molecular formula is C17H25NO3. The molecule has 1 atom stereocenters. The minimum Gasteiger partial charge on any atom is -0.488 e. The Kier molecular flexibility index (Phi) is 6.05. The van der Waals surface area contributed by atoms with Crippen molar-refractivity contribution in [1.82, 2.24) is 5.32 Å². The number of hydrogen-bond acceptors (Lipinski definition) is 3. The second-order valence-corrected chi connectivity index (χ2v) is 5.55. The van der Waals surface area contributed by atoms with Gasteiger partial charge in [0.1, 0.15) is 11.9 Å². The van der Waals surface area contributed by atoms with E-state index in [0.717, 1.165) is 30.6 Å². The lowest BCUT2D eigenvalue weighted by Gasteiger charge is -2.23. The van der Waals surface area contributed by atoms with Gasteiger partial charge < -0.3 is 14.8 Å². The maximum Gasteiger partial charge on any atom is 0.223 e. The van der Waals surface area contributed by atoms with Crippen molar-refractivity contribution in [3.63, 3.8) is 0 Å². The van der Waals surface area contributed by atoms with Gasteiger partial charge in [0.15, 0.2) is 0 Å². The molecular weight excluding hydrogens is 266 g/mol. The molecule has 1 aliphatic rings. The average Bonchev–Trinajstić information content (AvgIpc) is 2.53. The van der Waals surface area contributed by atoms with Crippen LogP contribution in [0.4, 0.5) is 0 Å². The van der Waals surface area contributed by atoms with Crippen LogP contribution in [0.3, 0.4) is 0 Å². The van der Waals surface area contributed by atoms with Crippen LogP contribution in [-0.4, -0.2) is 31.8 Å². The molecule has 1 heterocycles. The molecule has 2 rings (SSSR count). The molecule has 0 radical (unpaired) electrons. The maximum atomic E-state index is 12.1. The van der Waals surface area contributed by atoms with Gasteiger partial charge in [0.25, 0.3) is 0 Å². The number of carbonyl (C=O) groups excluding carboxylic acids is 1. The van der Waals surface area contributed by atoms with Crippen molar-refractivity contribution in [3.05, 3.63) is 29.8 Å². The van der Waals surface area contributed by atoms with Gasteiger partial charge >= 0.3 is 0 Å². The summed E-state index contributed by atoms with van der Waals surface area (Å²) in [7, 11) is 0. The van der Waals surface area contributed by atoms with Crippen LogP contribution in [0.25, 0.3) is 0 Å². The Labute approximate surface area is 126 Å². The SMILES string of the molecule is CC[C@H](CNC(=O)C1CCOCC1)Oc1ccccc1C. The lowest BCUT2D eigenvalue weighted by molar-refractivity contribution is -0.128. The molecule has 1 aromatic rings. The summed E-state index contributed by atoms with van der Waals surface area (Å²) in [6.45, 7) is 6.04. The number of ether oxygens (including phenoxy) is 2. The summed E-state index contributed by atoms with van der Waals surface area (Å²) in [5.41, 5.74) is 1.12. The standard InChI is InChI=1S/C17H25NO3/c1-3-15(21-16-7-5-4-6-13(16)2)12-18-17(19)14-8-10-20-11-9-14/h4-7,14-15H,3,8-12H2,1-2H3,(H,18,19)/t15-/m1/s1. The third-order valence-corrected chi connectivity index (χ3v) is 3.94. The topological polar surface area (TPSA) is 47.6 Å². The summed E-state index contributed by atoms with van der Waals surface area (Å²) in [5, 5.41) is 3.02. The Hall–Kier alpha value is -1.55. The molecule has 4 nitrogen and oxygen atoms in total. The molecule has 0 aliphatic carbocycles. The molecule has 0 spiro atoms. The van der Waals surface area contributed by atoms with Gasteiger partial charge in [0, 0.05) is 19.1 Å². The highest BCUT2D eigenvalue weighted by Crippen LogP contribution is 2.19. The van der Waals surface area contributed by atoms with Gasteiger partial charge in [-0.2, -0.15) is 0 Å². The van der Waals surface area contributed by atoms with Crippen LogP contribution >= 0.6 is 0 Å². The van der Waals surface area contributed by atoms with Gasteiger partial charge in [-0.25, -0.2) is 0 Å². The molecule has 1 amide bonds. The lowest BCUT2D eigenvalue weighted by atomic mass is 9.99. The van der Waals surface area contributed by atoms with E-state index in [4.69, 9.17) is 9.47 Å². The lowest BCUT2D eigenvalue weighted by Crippen LogP contribution is -2.40. The summed E-state index contributed by atoms with van der Waals surface area (Å²) in [6.07, 6.45) is 2.51. The predicted octanol–water partition coefficient (Wildman–Crippen LogP) is 2.70. The van der Waals surface area contributed by atoms with E-state index in [2.05, 4.69) is 12.2 Å². The van der Waals surface area contributed by atoms with Crippen LogP contribution in [0.5, 0.6) is 5.75 Å². The Bertz CT molecular complexity index is 455. The van der Waals surface area contributed by atoms with Crippen molar-refractivity contribution < 1.29 is 14.3 Å². The number of benzene rings is 1. The minimum absolute atomic E-state index is 0.00916. The maximum absolute atomic E-state index is 12.1. The van der Waals surface area contributed by atoms with Crippen molar-refractivity contribution in [3.8, 4) is 5.75 Å². The molecule has 0 aromatic heterocycles. The molecule has 4 heteroatoms. The number of rotatable bonds is 6. The predicted molar refractivity (Wildman–Crippen MR) is 82.4 cm³/mol. The number of aryl methyl sites for hydroxylation is 1. The molecule has 116 valence electrons. The monoisotopic (exact) mass is 291 g/mol. The summed E-state index contributed by atoms with van der Waals surface area (Å²) in [4.78, 5) is 12.1. The first-order valence-corrected chi connectivity index (χ1v) is 7.78. The fourth-order valence-corrected chi connectivity index (χ4v) is 2.46. The first-order valence-electron chi connectivity index (χ1n) is 7.78. The van der Waals surface area contributed by atoms with Crippen molar-refractivity contribution in [2.75, 3.05) is 19.8 Å². The van der Waals surface area contributed by atoms with E-state index in [1.165, 1.54) is 0 Å². The Morgan fingerprint density at radius 3 is 2.76 bits per heavy atom. The van der Waals surface area contributed by atoms with Crippen LogP contribution in [0.1, 0.15) is 31.7 Å². The van der Waals surface area contributed by atoms with E-state index in [1.54, 1.807) is 0 Å². The zero-order chi connectivity index (χ0) is 15.1. The highest BCUT2D eigenvalue weighted by atomic mass is 16.5. The molecule has 1 aromatic carbocycles. The largest absolute Gasteiger partial charge is 0.488 e. The summed E-state index contributed by atoms with van der Waals surface area (Å²) < 4.78 is 11.3. The molecule has 0 saturated carbocycles. The van der Waals surface area contributed by atoms with Gasteiger partial charge in [0.05, 0.1) is 6.54 Å². The highest BCUT2D eigenvalue weighted by Gasteiger charge is 2.22. The van der Waals surface area contributed by atoms with E-state index in [9.17, 15) is 4.79 Å². The van der Waals surface area contributed by atoms with Gasteiger partial charge in [-0.1, -0.05) is 25.1 Å². The van der Waals surface area contributed by atoms with Gasteiger partial charge in [0.2, 0.25) is 5.91 Å². The van der Waals surface area contributed by atoms with Crippen LogP contribution in [0.2, 0.25) is 0 Å². The quantitative estimate of drug-likeness (QED) is 0.876. The Morgan fingerprint density at radius 2 is 2.10 bits per heavy atom. The number of amides is 1. The van der Waals surface area contributed by atoms with Gasteiger partial charge in [-0.05, 0) is 37.8 Å². The van der Waals surface area contributed by atoms with Crippen molar-refractivity contribution in [2.24, 2.45) is 5.92 Å². The smallest absolute Gasteiger partial charge is 0.223 e. The minimum atomic E-state index is 0.00916. The molecule has 0 bridgehead atoms. The summed E-state index contributed by atoms with van der Waals surface area (Å²) >= 11 is 0.